The summed E-state index contributed by atoms with van der Waals surface area (Å²) >= 11 is 5.50. The Labute approximate surface area is 169 Å². The molecule has 0 aliphatic rings. The minimum Gasteiger partial charge on any atom is -0.480 e. The minimum atomic E-state index is -4.70. The van der Waals surface area contributed by atoms with Gasteiger partial charge in [-0.3, -0.25) is 9.32 Å². The number of carboxylic acids is 1. The molecular formula is C13H20ClN6O8P. The summed E-state index contributed by atoms with van der Waals surface area (Å²) in [4.78, 5) is 47.9. The standard InChI is InChI=1S/C7H11ClN3O6P.C6H9N3O2/c1-5-9-3-7(11(12)13)10(5)4-6(2-8)17-18(14,15)16;7-5(6(10)11)1-4-2-8-3-9-4/h3,6H,2,4H2,1H3,(H2,14,15,16);2-3,5H,1,7H2,(H,8,9)(H,10,11)/t6-;/m1./s1. The molecule has 29 heavy (non-hydrogen) atoms. The van der Waals surface area contributed by atoms with E-state index in [1.54, 1.807) is 6.20 Å². The van der Waals surface area contributed by atoms with Crippen molar-refractivity contribution in [2.45, 2.75) is 32.0 Å². The van der Waals surface area contributed by atoms with Crippen molar-refractivity contribution in [3.63, 3.8) is 0 Å². The van der Waals surface area contributed by atoms with Crippen molar-refractivity contribution in [1.29, 1.82) is 0 Å². The first-order valence-corrected chi connectivity index (χ1v) is 9.93. The molecule has 16 heteroatoms. The highest BCUT2D eigenvalue weighted by Crippen LogP contribution is 2.38. The number of nitrogens with zero attached hydrogens (tertiary/aromatic N) is 4. The van der Waals surface area contributed by atoms with Gasteiger partial charge in [0.25, 0.3) is 0 Å². The van der Waals surface area contributed by atoms with Crippen LogP contribution in [0.5, 0.6) is 0 Å². The largest absolute Gasteiger partial charge is 0.480 e. The van der Waals surface area contributed by atoms with Gasteiger partial charge in [0.05, 0.1) is 12.2 Å². The molecule has 0 radical (unpaired) electrons. The third-order valence-electron chi connectivity index (χ3n) is 3.38. The summed E-state index contributed by atoms with van der Waals surface area (Å²) in [6.45, 7) is 1.35. The van der Waals surface area contributed by atoms with Crippen LogP contribution < -0.4 is 5.73 Å². The van der Waals surface area contributed by atoms with Crippen LogP contribution in [0.3, 0.4) is 0 Å². The zero-order valence-corrected chi connectivity index (χ0v) is 16.7. The average molecular weight is 455 g/mol. The van der Waals surface area contributed by atoms with Crippen LogP contribution in [0.15, 0.2) is 18.7 Å². The summed E-state index contributed by atoms with van der Waals surface area (Å²) in [7, 11) is -4.70. The summed E-state index contributed by atoms with van der Waals surface area (Å²) in [5.74, 6) is -1.19. The molecular weight excluding hydrogens is 435 g/mol. The molecule has 0 spiro atoms. The van der Waals surface area contributed by atoms with Crippen molar-refractivity contribution in [3.05, 3.63) is 40.4 Å². The second kappa shape index (κ2) is 11.0. The van der Waals surface area contributed by atoms with Gasteiger partial charge in [0.15, 0.2) is 5.82 Å². The van der Waals surface area contributed by atoms with E-state index in [0.717, 1.165) is 11.9 Å². The third kappa shape index (κ3) is 8.68. The minimum absolute atomic E-state index is 0.170. The lowest BCUT2D eigenvalue weighted by Gasteiger charge is -2.14. The molecule has 0 saturated carbocycles. The van der Waals surface area contributed by atoms with Crippen LogP contribution >= 0.6 is 19.4 Å². The number of nitrogens with one attached hydrogen (secondary N) is 1. The van der Waals surface area contributed by atoms with E-state index in [2.05, 4.69) is 19.5 Å². The first-order valence-electron chi connectivity index (χ1n) is 7.86. The van der Waals surface area contributed by atoms with E-state index in [-0.39, 0.29) is 24.7 Å². The molecule has 2 rings (SSSR count). The van der Waals surface area contributed by atoms with E-state index >= 15 is 0 Å². The van der Waals surface area contributed by atoms with Crippen molar-refractivity contribution in [2.75, 3.05) is 5.88 Å². The second-order valence-electron chi connectivity index (χ2n) is 5.63. The van der Waals surface area contributed by atoms with Gasteiger partial charge in [-0.15, -0.1) is 11.6 Å². The number of carbonyl (C=O) groups is 1. The Morgan fingerprint density at radius 3 is 2.62 bits per heavy atom. The third-order valence-corrected chi connectivity index (χ3v) is 4.29. The van der Waals surface area contributed by atoms with Gasteiger partial charge in [0.1, 0.15) is 24.9 Å². The number of hydrogen-bond acceptors (Lipinski definition) is 8. The molecule has 0 aromatic carbocycles. The number of imidazole rings is 2. The van der Waals surface area contributed by atoms with Gasteiger partial charge in [-0.1, -0.05) is 0 Å². The molecule has 0 aliphatic heterocycles. The summed E-state index contributed by atoms with van der Waals surface area (Å²) < 4.78 is 16.3. The summed E-state index contributed by atoms with van der Waals surface area (Å²) in [5.41, 5.74) is 6.00. The first-order chi connectivity index (χ1) is 13.4. The SMILES string of the molecule is Cc1ncc([N+](=O)[O-])n1C[C@@H](CCl)OP(=O)(O)O.NC(Cc1cnc[nH]1)C(=O)O. The number of halogens is 1. The maximum Gasteiger partial charge on any atom is 0.470 e. The van der Waals surface area contributed by atoms with Crippen LogP contribution in [-0.4, -0.2) is 63.3 Å². The summed E-state index contributed by atoms with van der Waals surface area (Å²) in [6.07, 6.45) is 3.33. The fraction of sp³-hybridized carbons (Fsp3) is 0.462. The fourth-order valence-electron chi connectivity index (χ4n) is 2.06. The average Bonchev–Trinajstić information content (AvgIpc) is 3.24. The smallest absolute Gasteiger partial charge is 0.470 e. The topological polar surface area (TPSA) is 220 Å². The fourth-order valence-corrected chi connectivity index (χ4v) is 2.83. The number of aromatic nitrogens is 4. The first kappa shape index (κ1) is 24.7. The zero-order valence-electron chi connectivity index (χ0n) is 15.1. The molecule has 0 bridgehead atoms. The molecule has 2 aromatic heterocycles. The Balaban J connectivity index is 0.000000326. The predicted octanol–water partition coefficient (Wildman–Crippen LogP) is 0.181. The highest BCUT2D eigenvalue weighted by Gasteiger charge is 2.27. The Kier molecular flexibility index (Phi) is 9.36. The van der Waals surface area contributed by atoms with Gasteiger partial charge in [-0.05, 0) is 4.92 Å². The van der Waals surface area contributed by atoms with Gasteiger partial charge in [0, 0.05) is 25.2 Å². The number of rotatable bonds is 9. The molecule has 0 fully saturated rings. The molecule has 14 nitrogen and oxygen atoms in total. The van der Waals surface area contributed by atoms with Crippen molar-refractivity contribution >= 4 is 31.2 Å². The van der Waals surface area contributed by atoms with Crippen LogP contribution in [0.4, 0.5) is 5.82 Å². The van der Waals surface area contributed by atoms with Gasteiger partial charge >= 0.3 is 19.6 Å². The molecule has 6 N–H and O–H groups in total. The van der Waals surface area contributed by atoms with E-state index in [0.29, 0.717) is 5.82 Å². The molecule has 0 saturated heterocycles. The quantitative estimate of drug-likeness (QED) is 0.149. The molecule has 2 aromatic rings. The molecule has 0 aliphatic carbocycles. The van der Waals surface area contributed by atoms with Crippen LogP contribution in [0.2, 0.25) is 0 Å². The summed E-state index contributed by atoms with van der Waals surface area (Å²) in [6, 6.07) is -0.851. The number of nitrogens with two attached hydrogens (primary N) is 1. The van der Waals surface area contributed by atoms with E-state index in [4.69, 9.17) is 32.2 Å². The van der Waals surface area contributed by atoms with E-state index < -0.39 is 30.9 Å². The molecule has 2 atom stereocenters. The van der Waals surface area contributed by atoms with Crippen molar-refractivity contribution in [3.8, 4) is 0 Å². The zero-order chi connectivity index (χ0) is 22.2. The van der Waals surface area contributed by atoms with E-state index in [1.165, 1.54) is 17.8 Å². The Morgan fingerprint density at radius 2 is 2.17 bits per heavy atom. The lowest BCUT2D eigenvalue weighted by Crippen LogP contribution is -2.32. The summed E-state index contributed by atoms with van der Waals surface area (Å²) in [5, 5.41) is 19.1. The number of hydrogen-bond donors (Lipinski definition) is 5. The number of aliphatic carboxylic acids is 1. The normalized spacial score (nSPS) is 13.3. The van der Waals surface area contributed by atoms with Gasteiger partial charge in [0.2, 0.25) is 0 Å². The van der Waals surface area contributed by atoms with Gasteiger partial charge in [-0.25, -0.2) is 19.1 Å². The Hall–Kier alpha value is -2.35. The monoisotopic (exact) mass is 454 g/mol. The van der Waals surface area contributed by atoms with Crippen LogP contribution in [0, 0.1) is 17.0 Å². The number of nitro groups is 1. The number of aromatic amines is 1. The number of phosphoric acid groups is 1. The van der Waals surface area contributed by atoms with Crippen LogP contribution in [0.1, 0.15) is 11.5 Å². The molecule has 162 valence electrons. The lowest BCUT2D eigenvalue weighted by atomic mass is 10.2. The van der Waals surface area contributed by atoms with E-state index in [9.17, 15) is 19.5 Å². The predicted molar refractivity (Wildman–Crippen MR) is 99.2 cm³/mol. The van der Waals surface area contributed by atoms with Crippen LogP contribution in [-0.2, 0) is 26.8 Å². The Morgan fingerprint density at radius 1 is 1.52 bits per heavy atom. The lowest BCUT2D eigenvalue weighted by molar-refractivity contribution is -0.392. The number of phosphoric ester groups is 1. The number of aryl methyl sites for hydroxylation is 1. The number of alkyl halides is 1. The van der Waals surface area contributed by atoms with Crippen molar-refractivity contribution < 1.29 is 33.7 Å². The maximum atomic E-state index is 10.7. The molecule has 2 heterocycles. The second-order valence-corrected chi connectivity index (χ2v) is 7.13. The van der Waals surface area contributed by atoms with Crippen molar-refractivity contribution in [1.82, 2.24) is 19.5 Å². The van der Waals surface area contributed by atoms with Gasteiger partial charge in [-0.2, -0.15) is 0 Å². The number of H-pyrrole nitrogens is 1. The highest BCUT2D eigenvalue weighted by molar-refractivity contribution is 7.46. The Bertz CT molecular complexity index is 854. The highest BCUT2D eigenvalue weighted by atomic mass is 35.5. The molecule has 1 unspecified atom stereocenters. The van der Waals surface area contributed by atoms with E-state index in [1.807, 2.05) is 0 Å². The molecule has 0 amide bonds. The van der Waals surface area contributed by atoms with Crippen molar-refractivity contribution in [2.24, 2.45) is 5.73 Å². The van der Waals surface area contributed by atoms with Gasteiger partial charge < -0.3 is 35.7 Å². The van der Waals surface area contributed by atoms with Crippen LogP contribution in [0.25, 0.3) is 0 Å². The number of carboxylic acid groups (broad SMARTS) is 1. The maximum absolute atomic E-state index is 10.7.